The summed E-state index contributed by atoms with van der Waals surface area (Å²) in [4.78, 5) is 25.3. The number of methoxy groups -OCH3 is 2. The van der Waals surface area contributed by atoms with E-state index in [2.05, 4.69) is 10.6 Å². The van der Waals surface area contributed by atoms with Gasteiger partial charge in [-0.2, -0.15) is 0 Å². The molecule has 9 nitrogen and oxygen atoms in total. The Morgan fingerprint density at radius 2 is 1.78 bits per heavy atom. The maximum absolute atomic E-state index is 12.8. The van der Waals surface area contributed by atoms with Crippen molar-refractivity contribution in [2.75, 3.05) is 43.2 Å². The third-order valence-corrected chi connectivity index (χ3v) is 5.73. The molecule has 0 aromatic heterocycles. The lowest BCUT2D eigenvalue weighted by atomic mass is 10.1. The second-order valence-corrected chi connectivity index (χ2v) is 8.92. The lowest BCUT2D eigenvalue weighted by molar-refractivity contribution is -0.114. The second kappa shape index (κ2) is 11.4. The first-order valence-electron chi connectivity index (χ1n) is 10.1. The Kier molecular flexibility index (Phi) is 8.89. The monoisotopic (exact) mass is 463 g/mol. The van der Waals surface area contributed by atoms with Crippen LogP contribution in [0.4, 0.5) is 11.4 Å². The summed E-state index contributed by atoms with van der Waals surface area (Å²) in [5.41, 5.74) is 0.745. The maximum atomic E-state index is 12.8. The quantitative estimate of drug-likeness (QED) is 0.495. The van der Waals surface area contributed by atoms with Crippen LogP contribution in [0, 0.1) is 0 Å². The Labute approximate surface area is 188 Å². The van der Waals surface area contributed by atoms with Crippen molar-refractivity contribution in [1.82, 2.24) is 5.32 Å². The summed E-state index contributed by atoms with van der Waals surface area (Å²) in [6.07, 6.45) is 2.77. The molecule has 0 saturated heterocycles. The van der Waals surface area contributed by atoms with Crippen LogP contribution in [0.25, 0.3) is 0 Å². The minimum absolute atomic E-state index is 0.162. The van der Waals surface area contributed by atoms with E-state index in [-0.39, 0.29) is 23.0 Å². The van der Waals surface area contributed by atoms with Crippen molar-refractivity contribution in [2.24, 2.45) is 0 Å². The number of para-hydroxylation sites is 1. The van der Waals surface area contributed by atoms with E-state index in [1.54, 1.807) is 36.4 Å². The topological polar surface area (TPSA) is 114 Å². The van der Waals surface area contributed by atoms with E-state index >= 15 is 0 Å². The van der Waals surface area contributed by atoms with Gasteiger partial charge in [0, 0.05) is 12.6 Å². The van der Waals surface area contributed by atoms with Gasteiger partial charge in [-0.25, -0.2) is 8.42 Å². The van der Waals surface area contributed by atoms with E-state index in [1.165, 1.54) is 20.3 Å². The molecule has 2 rings (SSSR count). The molecule has 2 N–H and O–H groups in total. The number of anilines is 2. The minimum Gasteiger partial charge on any atom is -0.497 e. The molecule has 2 aromatic carbocycles. The Balaban J connectivity index is 2.28. The van der Waals surface area contributed by atoms with Gasteiger partial charge in [0.1, 0.15) is 18.0 Å². The van der Waals surface area contributed by atoms with Crippen molar-refractivity contribution in [2.45, 2.75) is 19.8 Å². The molecule has 0 saturated carbocycles. The van der Waals surface area contributed by atoms with E-state index < -0.39 is 22.5 Å². The molecule has 0 aliphatic carbocycles. The first-order chi connectivity index (χ1) is 15.2. The predicted octanol–water partition coefficient (Wildman–Crippen LogP) is 2.64. The molecule has 0 aliphatic rings. The number of carbonyl (C=O) groups excluding carboxylic acids is 2. The van der Waals surface area contributed by atoms with Crippen LogP contribution in [-0.2, 0) is 14.8 Å². The van der Waals surface area contributed by atoms with E-state index in [1.807, 2.05) is 6.92 Å². The van der Waals surface area contributed by atoms with Crippen LogP contribution in [0.5, 0.6) is 11.5 Å². The molecule has 10 heteroatoms. The lowest BCUT2D eigenvalue weighted by Crippen LogP contribution is -2.38. The average Bonchev–Trinajstić information content (AvgIpc) is 2.76. The summed E-state index contributed by atoms with van der Waals surface area (Å²) in [5, 5.41) is 5.45. The molecular weight excluding hydrogens is 434 g/mol. The van der Waals surface area contributed by atoms with E-state index in [0.717, 1.165) is 23.4 Å². The molecule has 0 heterocycles. The molecule has 174 valence electrons. The van der Waals surface area contributed by atoms with Crippen molar-refractivity contribution in [3.63, 3.8) is 0 Å². The normalized spacial score (nSPS) is 10.9. The number of nitrogens with one attached hydrogen (secondary N) is 2. The highest BCUT2D eigenvalue weighted by Crippen LogP contribution is 2.33. The zero-order chi connectivity index (χ0) is 23.7. The molecule has 0 bridgehead atoms. The molecule has 0 spiro atoms. The number of hydrogen-bond acceptors (Lipinski definition) is 6. The molecule has 0 atom stereocenters. The highest BCUT2D eigenvalue weighted by Gasteiger charge is 2.25. The van der Waals surface area contributed by atoms with Crippen LogP contribution in [-0.4, -0.2) is 53.8 Å². The number of nitrogens with zero attached hydrogens (tertiary/aromatic N) is 1. The van der Waals surface area contributed by atoms with Crippen LogP contribution >= 0.6 is 0 Å². The fourth-order valence-corrected chi connectivity index (χ4v) is 3.81. The number of ether oxygens (including phenoxy) is 2. The summed E-state index contributed by atoms with van der Waals surface area (Å²) in [5.74, 6) is -0.262. The van der Waals surface area contributed by atoms with Gasteiger partial charge < -0.3 is 20.1 Å². The molecule has 2 aromatic rings. The number of rotatable bonds is 11. The van der Waals surface area contributed by atoms with Crippen LogP contribution in [0.2, 0.25) is 0 Å². The van der Waals surface area contributed by atoms with E-state index in [9.17, 15) is 18.0 Å². The highest BCUT2D eigenvalue weighted by atomic mass is 32.2. The first-order valence-corrected chi connectivity index (χ1v) is 11.9. The van der Waals surface area contributed by atoms with Crippen molar-refractivity contribution in [3.05, 3.63) is 48.0 Å². The van der Waals surface area contributed by atoms with E-state index in [0.29, 0.717) is 17.9 Å². The van der Waals surface area contributed by atoms with Gasteiger partial charge in [-0.3, -0.25) is 13.9 Å². The molecule has 0 aliphatic heterocycles. The van der Waals surface area contributed by atoms with Crippen molar-refractivity contribution in [3.8, 4) is 11.5 Å². The summed E-state index contributed by atoms with van der Waals surface area (Å²) in [6.45, 7) is 2.02. The second-order valence-electron chi connectivity index (χ2n) is 7.01. The van der Waals surface area contributed by atoms with Crippen LogP contribution in [0.1, 0.15) is 30.1 Å². The molecular formula is C22H29N3O6S. The Morgan fingerprint density at radius 1 is 1.06 bits per heavy atom. The standard InChI is InChI=1S/C22H29N3O6S/c1-5-6-13-23-22(27)17-9-7-8-10-18(17)24-21(26)15-25(32(4,28)29)19-14-16(30-2)11-12-20(19)31-3/h7-12,14H,5-6,13,15H2,1-4H3,(H,23,27)(H,24,26). The third-order valence-electron chi connectivity index (χ3n) is 4.60. The summed E-state index contributed by atoms with van der Waals surface area (Å²) >= 11 is 0. The number of benzene rings is 2. The number of sulfonamides is 1. The van der Waals surface area contributed by atoms with Crippen LogP contribution in [0.15, 0.2) is 42.5 Å². The summed E-state index contributed by atoms with van der Waals surface area (Å²) in [6, 6.07) is 11.2. The van der Waals surface area contributed by atoms with Crippen LogP contribution in [0.3, 0.4) is 0 Å². The maximum Gasteiger partial charge on any atom is 0.253 e. The summed E-state index contributed by atoms with van der Waals surface area (Å²) < 4.78 is 36.4. The SMILES string of the molecule is CCCCNC(=O)c1ccccc1NC(=O)CN(c1cc(OC)ccc1OC)S(C)(=O)=O. The number of hydrogen-bond donors (Lipinski definition) is 2. The smallest absolute Gasteiger partial charge is 0.253 e. The lowest BCUT2D eigenvalue weighted by Gasteiger charge is -2.24. The van der Waals surface area contributed by atoms with Crippen LogP contribution < -0.4 is 24.4 Å². The number of unbranched alkanes of at least 4 members (excludes halogenated alkanes) is 1. The predicted molar refractivity (Wildman–Crippen MR) is 124 cm³/mol. The zero-order valence-electron chi connectivity index (χ0n) is 18.7. The molecule has 2 amide bonds. The van der Waals surface area contributed by atoms with Crippen molar-refractivity contribution in [1.29, 1.82) is 0 Å². The van der Waals surface area contributed by atoms with Gasteiger partial charge in [0.15, 0.2) is 0 Å². The minimum atomic E-state index is -3.85. The van der Waals surface area contributed by atoms with Gasteiger partial charge in [-0.1, -0.05) is 25.5 Å². The van der Waals surface area contributed by atoms with Gasteiger partial charge in [0.25, 0.3) is 5.91 Å². The number of carbonyl (C=O) groups is 2. The molecule has 32 heavy (non-hydrogen) atoms. The van der Waals surface area contributed by atoms with Gasteiger partial charge >= 0.3 is 0 Å². The fourth-order valence-electron chi connectivity index (χ4n) is 2.96. The average molecular weight is 464 g/mol. The van der Waals surface area contributed by atoms with Gasteiger partial charge in [0.2, 0.25) is 15.9 Å². The van der Waals surface area contributed by atoms with Crippen molar-refractivity contribution >= 4 is 33.2 Å². The zero-order valence-corrected chi connectivity index (χ0v) is 19.5. The Bertz CT molecular complexity index is 1060. The number of amides is 2. The largest absolute Gasteiger partial charge is 0.497 e. The van der Waals surface area contributed by atoms with Gasteiger partial charge in [-0.05, 0) is 30.7 Å². The molecule has 0 fully saturated rings. The Hall–Kier alpha value is -3.27. The Morgan fingerprint density at radius 3 is 2.41 bits per heavy atom. The van der Waals surface area contributed by atoms with E-state index in [4.69, 9.17) is 9.47 Å². The van der Waals surface area contributed by atoms with Crippen molar-refractivity contribution < 1.29 is 27.5 Å². The molecule has 0 radical (unpaired) electrons. The fraction of sp³-hybridized carbons (Fsp3) is 0.364. The van der Waals surface area contributed by atoms with Gasteiger partial charge in [0.05, 0.1) is 37.4 Å². The third kappa shape index (κ3) is 6.61. The first kappa shape index (κ1) is 25.0. The highest BCUT2D eigenvalue weighted by molar-refractivity contribution is 7.92. The summed E-state index contributed by atoms with van der Waals surface area (Å²) in [7, 11) is -0.995. The molecule has 0 unspecified atom stereocenters. The van der Waals surface area contributed by atoms with Gasteiger partial charge in [-0.15, -0.1) is 0 Å².